The first-order chi connectivity index (χ1) is 11.2. The summed E-state index contributed by atoms with van der Waals surface area (Å²) in [5, 5.41) is 6.57. The minimum Gasteiger partial charge on any atom is -0.350 e. The van der Waals surface area contributed by atoms with Gasteiger partial charge in [0.15, 0.2) is 0 Å². The first-order valence-electron chi connectivity index (χ1n) is 9.34. The second kappa shape index (κ2) is 9.43. The van der Waals surface area contributed by atoms with Crippen LogP contribution in [0.3, 0.4) is 0 Å². The Kier molecular flexibility index (Phi) is 7.57. The number of halogens is 1. The van der Waals surface area contributed by atoms with Gasteiger partial charge in [-0.3, -0.25) is 4.79 Å². The fraction of sp³-hybridized carbons (Fsp3) is 0.650. The van der Waals surface area contributed by atoms with E-state index in [0.29, 0.717) is 6.42 Å². The van der Waals surface area contributed by atoms with Crippen molar-refractivity contribution in [2.75, 3.05) is 13.1 Å². The van der Waals surface area contributed by atoms with E-state index < -0.39 is 0 Å². The highest BCUT2D eigenvalue weighted by atomic mass is 35.5. The van der Waals surface area contributed by atoms with Crippen LogP contribution in [0.15, 0.2) is 18.2 Å². The molecule has 0 aromatic heterocycles. The predicted octanol–water partition coefficient (Wildman–Crippen LogP) is 3.94. The molecular weight excluding hydrogens is 320 g/mol. The van der Waals surface area contributed by atoms with Crippen molar-refractivity contribution in [3.63, 3.8) is 0 Å². The number of nitrogens with one attached hydrogen (secondary N) is 2. The van der Waals surface area contributed by atoms with E-state index in [9.17, 15) is 4.79 Å². The Bertz CT molecular complexity index is 540. The van der Waals surface area contributed by atoms with E-state index in [1.807, 2.05) is 0 Å². The van der Waals surface area contributed by atoms with Crippen molar-refractivity contribution in [2.45, 2.75) is 64.3 Å². The molecule has 2 aliphatic rings. The quantitative estimate of drug-likeness (QED) is 0.844. The van der Waals surface area contributed by atoms with Gasteiger partial charge in [0, 0.05) is 6.42 Å². The van der Waals surface area contributed by atoms with Gasteiger partial charge in [0.1, 0.15) is 0 Å². The topological polar surface area (TPSA) is 41.1 Å². The molecule has 0 radical (unpaired) electrons. The van der Waals surface area contributed by atoms with Gasteiger partial charge < -0.3 is 10.6 Å². The number of aryl methyl sites for hydroxylation is 2. The number of hydrogen-bond donors (Lipinski definition) is 2. The Balaban J connectivity index is 0.00000208. The van der Waals surface area contributed by atoms with E-state index in [-0.39, 0.29) is 24.4 Å². The average Bonchev–Trinajstić information content (AvgIpc) is 2.60. The normalized spacial score (nSPS) is 19.0. The summed E-state index contributed by atoms with van der Waals surface area (Å²) >= 11 is 0. The zero-order valence-corrected chi connectivity index (χ0v) is 15.6. The Morgan fingerprint density at radius 1 is 1.21 bits per heavy atom. The van der Waals surface area contributed by atoms with Gasteiger partial charge in [0.25, 0.3) is 0 Å². The second-order valence-electron chi connectivity index (χ2n) is 7.26. The Morgan fingerprint density at radius 2 is 1.92 bits per heavy atom. The monoisotopic (exact) mass is 350 g/mol. The molecule has 1 fully saturated rings. The molecule has 1 aliphatic carbocycles. The lowest BCUT2D eigenvalue weighted by Crippen LogP contribution is -2.30. The Labute approximate surface area is 152 Å². The van der Waals surface area contributed by atoms with Crippen molar-refractivity contribution in [3.05, 3.63) is 34.9 Å². The molecule has 1 unspecified atom stereocenters. The first-order valence-corrected chi connectivity index (χ1v) is 9.34. The number of rotatable bonds is 5. The molecule has 2 N–H and O–H groups in total. The minimum absolute atomic E-state index is 0. The lowest BCUT2D eigenvalue weighted by molar-refractivity contribution is -0.122. The first kappa shape index (κ1) is 19.3. The molecule has 3 nitrogen and oxygen atoms in total. The maximum absolute atomic E-state index is 12.2. The van der Waals surface area contributed by atoms with Crippen molar-refractivity contribution in [1.29, 1.82) is 0 Å². The fourth-order valence-electron chi connectivity index (χ4n) is 3.93. The summed E-state index contributed by atoms with van der Waals surface area (Å²) in [6, 6.07) is 6.89. The third-order valence-electron chi connectivity index (χ3n) is 5.49. The second-order valence-corrected chi connectivity index (χ2v) is 7.26. The third-order valence-corrected chi connectivity index (χ3v) is 5.49. The van der Waals surface area contributed by atoms with Gasteiger partial charge in [-0.25, -0.2) is 0 Å². The van der Waals surface area contributed by atoms with Crippen LogP contribution in [0.2, 0.25) is 0 Å². The largest absolute Gasteiger partial charge is 0.350 e. The molecule has 24 heavy (non-hydrogen) atoms. The van der Waals surface area contributed by atoms with Crippen LogP contribution >= 0.6 is 12.4 Å². The lowest BCUT2D eigenvalue weighted by Gasteiger charge is -2.23. The van der Waals surface area contributed by atoms with Crippen molar-refractivity contribution in [1.82, 2.24) is 10.6 Å². The fourth-order valence-corrected chi connectivity index (χ4v) is 3.93. The van der Waals surface area contributed by atoms with E-state index in [0.717, 1.165) is 25.4 Å². The van der Waals surface area contributed by atoms with Gasteiger partial charge in [-0.15, -0.1) is 12.4 Å². The smallest absolute Gasteiger partial charge is 0.220 e. The molecule has 0 spiro atoms. The molecule has 0 saturated carbocycles. The summed E-state index contributed by atoms with van der Waals surface area (Å²) in [4.78, 5) is 12.2. The van der Waals surface area contributed by atoms with Crippen LogP contribution in [-0.2, 0) is 17.6 Å². The number of carbonyl (C=O) groups is 1. The average molecular weight is 351 g/mol. The van der Waals surface area contributed by atoms with Gasteiger partial charge in [0.05, 0.1) is 6.04 Å². The summed E-state index contributed by atoms with van der Waals surface area (Å²) in [5.74, 6) is 0.926. The van der Waals surface area contributed by atoms with E-state index >= 15 is 0 Å². The zero-order chi connectivity index (χ0) is 16.1. The number of carbonyl (C=O) groups excluding carboxylic acids is 1. The van der Waals surface area contributed by atoms with Crippen LogP contribution in [0.25, 0.3) is 0 Å². The lowest BCUT2D eigenvalue weighted by atomic mass is 9.89. The van der Waals surface area contributed by atoms with Crippen LogP contribution in [0, 0.1) is 5.92 Å². The summed E-state index contributed by atoms with van der Waals surface area (Å²) in [6.45, 7) is 4.32. The number of benzene rings is 1. The van der Waals surface area contributed by atoms with Crippen LogP contribution in [0.5, 0.6) is 0 Å². The van der Waals surface area contributed by atoms with Crippen LogP contribution in [-0.4, -0.2) is 19.0 Å². The minimum atomic E-state index is 0. The number of amides is 1. The Morgan fingerprint density at radius 3 is 2.67 bits per heavy atom. The molecule has 1 atom stereocenters. The molecule has 1 heterocycles. The summed E-state index contributed by atoms with van der Waals surface area (Å²) in [7, 11) is 0. The molecule has 1 aromatic carbocycles. The molecule has 0 bridgehead atoms. The van der Waals surface area contributed by atoms with Crippen LogP contribution in [0.4, 0.5) is 0 Å². The highest BCUT2D eigenvalue weighted by molar-refractivity contribution is 5.85. The van der Waals surface area contributed by atoms with Crippen LogP contribution in [0.1, 0.15) is 68.2 Å². The van der Waals surface area contributed by atoms with Crippen LogP contribution < -0.4 is 10.6 Å². The number of piperidine rings is 1. The van der Waals surface area contributed by atoms with Gasteiger partial charge in [0.2, 0.25) is 5.91 Å². The molecule has 3 rings (SSSR count). The van der Waals surface area contributed by atoms with Gasteiger partial charge >= 0.3 is 0 Å². The maximum atomic E-state index is 12.2. The SMILES string of the molecule is CC(NC(=O)CCC1CCNCC1)c1ccc2c(c1)CCCC2.Cl. The van der Waals surface area contributed by atoms with E-state index in [4.69, 9.17) is 0 Å². The predicted molar refractivity (Wildman–Crippen MR) is 102 cm³/mol. The standard InChI is InChI=1S/C20H30N2O.ClH/c1-15(18-8-7-17-4-2-3-5-19(17)14-18)22-20(23)9-6-16-10-12-21-13-11-16;/h7-8,14-16,21H,2-6,9-13H2,1H3,(H,22,23);1H. The molecule has 1 aromatic rings. The summed E-state index contributed by atoms with van der Waals surface area (Å²) < 4.78 is 0. The van der Waals surface area contributed by atoms with Crippen molar-refractivity contribution in [2.24, 2.45) is 5.92 Å². The van der Waals surface area contributed by atoms with Gasteiger partial charge in [-0.1, -0.05) is 18.2 Å². The molecule has 134 valence electrons. The molecule has 4 heteroatoms. The molecule has 1 amide bonds. The van der Waals surface area contributed by atoms with Gasteiger partial charge in [-0.2, -0.15) is 0 Å². The highest BCUT2D eigenvalue weighted by Gasteiger charge is 2.17. The Hall–Kier alpha value is -1.06. The van der Waals surface area contributed by atoms with E-state index in [1.54, 1.807) is 0 Å². The summed E-state index contributed by atoms with van der Waals surface area (Å²) in [6.07, 6.45) is 9.15. The van der Waals surface area contributed by atoms with Gasteiger partial charge in [-0.05, 0) is 87.6 Å². The van der Waals surface area contributed by atoms with Crippen molar-refractivity contribution >= 4 is 18.3 Å². The number of hydrogen-bond acceptors (Lipinski definition) is 2. The van der Waals surface area contributed by atoms with Crippen molar-refractivity contribution in [3.8, 4) is 0 Å². The maximum Gasteiger partial charge on any atom is 0.220 e. The van der Waals surface area contributed by atoms with E-state index in [1.165, 1.54) is 55.2 Å². The summed E-state index contributed by atoms with van der Waals surface area (Å²) in [5.41, 5.74) is 4.25. The third kappa shape index (κ3) is 5.22. The van der Waals surface area contributed by atoms with E-state index in [2.05, 4.69) is 35.8 Å². The van der Waals surface area contributed by atoms with Crippen molar-refractivity contribution < 1.29 is 4.79 Å². The highest BCUT2D eigenvalue weighted by Crippen LogP contribution is 2.25. The number of fused-ring (bicyclic) bond motifs is 1. The molecular formula is C20H31ClN2O. The molecule has 1 saturated heterocycles. The molecule has 1 aliphatic heterocycles. The zero-order valence-electron chi connectivity index (χ0n) is 14.8.